The predicted octanol–water partition coefficient (Wildman–Crippen LogP) is 1.27. The molecule has 0 aliphatic carbocycles. The molecule has 0 spiro atoms. The zero-order valence-corrected chi connectivity index (χ0v) is 11.0. The Bertz CT molecular complexity index is 353. The van der Waals surface area contributed by atoms with Crippen molar-refractivity contribution in [2.24, 2.45) is 5.92 Å². The van der Waals surface area contributed by atoms with Crippen molar-refractivity contribution < 1.29 is 19.4 Å². The number of carbonyl (C=O) groups is 2. The van der Waals surface area contributed by atoms with Gasteiger partial charge in [0, 0.05) is 25.6 Å². The normalized spacial score (nSPS) is 32.3. The van der Waals surface area contributed by atoms with Gasteiger partial charge in [0.2, 0.25) is 5.91 Å². The molecule has 1 N–H and O–H groups in total. The molecule has 0 aromatic heterocycles. The van der Waals surface area contributed by atoms with Crippen LogP contribution >= 0.6 is 0 Å². The molecule has 0 saturated carbocycles. The number of carbonyl (C=O) groups excluding carboxylic acids is 1. The molecule has 2 rings (SSSR count). The van der Waals surface area contributed by atoms with Crippen molar-refractivity contribution in [1.82, 2.24) is 4.90 Å². The van der Waals surface area contributed by atoms with Crippen LogP contribution in [0.25, 0.3) is 0 Å². The van der Waals surface area contributed by atoms with Crippen molar-refractivity contribution >= 4 is 11.9 Å². The Morgan fingerprint density at radius 3 is 2.78 bits per heavy atom. The van der Waals surface area contributed by atoms with Gasteiger partial charge in [0.05, 0.1) is 11.5 Å². The number of carboxylic acid groups (broad SMARTS) is 1. The van der Waals surface area contributed by atoms with Crippen molar-refractivity contribution in [3.05, 3.63) is 0 Å². The first-order chi connectivity index (χ1) is 8.39. The Hall–Kier alpha value is -1.10. The number of carboxylic acids is 1. The van der Waals surface area contributed by atoms with Crippen molar-refractivity contribution in [3.63, 3.8) is 0 Å². The van der Waals surface area contributed by atoms with Crippen LogP contribution in [0.15, 0.2) is 0 Å². The third-order valence-electron chi connectivity index (χ3n) is 3.91. The van der Waals surface area contributed by atoms with Gasteiger partial charge in [-0.15, -0.1) is 0 Å². The van der Waals surface area contributed by atoms with Crippen LogP contribution in [0.5, 0.6) is 0 Å². The second-order valence-electron chi connectivity index (χ2n) is 5.87. The molecule has 1 amide bonds. The first-order valence-electron chi connectivity index (χ1n) is 6.55. The summed E-state index contributed by atoms with van der Waals surface area (Å²) in [6, 6.07) is 0.128. The minimum absolute atomic E-state index is 0.0928. The summed E-state index contributed by atoms with van der Waals surface area (Å²) >= 11 is 0. The molecule has 5 nitrogen and oxygen atoms in total. The number of piperidine rings is 1. The highest BCUT2D eigenvalue weighted by Crippen LogP contribution is 2.30. The van der Waals surface area contributed by atoms with E-state index in [1.165, 1.54) is 0 Å². The lowest BCUT2D eigenvalue weighted by molar-refractivity contribution is -0.152. The van der Waals surface area contributed by atoms with Gasteiger partial charge in [-0.25, -0.2) is 0 Å². The van der Waals surface area contributed by atoms with E-state index >= 15 is 0 Å². The third-order valence-corrected chi connectivity index (χ3v) is 3.91. The summed E-state index contributed by atoms with van der Waals surface area (Å²) in [7, 11) is 0. The first-order valence-corrected chi connectivity index (χ1v) is 6.55. The van der Waals surface area contributed by atoms with Crippen molar-refractivity contribution in [1.29, 1.82) is 0 Å². The number of nitrogens with zero attached hydrogens (tertiary/aromatic N) is 1. The van der Waals surface area contributed by atoms with Crippen molar-refractivity contribution in [2.45, 2.75) is 51.2 Å². The van der Waals surface area contributed by atoms with E-state index in [2.05, 4.69) is 0 Å². The van der Waals surface area contributed by atoms with Gasteiger partial charge in [0.1, 0.15) is 0 Å². The predicted molar refractivity (Wildman–Crippen MR) is 65.1 cm³/mol. The molecule has 102 valence electrons. The molecular weight excluding hydrogens is 234 g/mol. The zero-order chi connectivity index (χ0) is 13.3. The van der Waals surface area contributed by atoms with E-state index in [4.69, 9.17) is 9.84 Å². The fourth-order valence-electron chi connectivity index (χ4n) is 2.89. The van der Waals surface area contributed by atoms with Crippen molar-refractivity contribution in [3.8, 4) is 0 Å². The van der Waals surface area contributed by atoms with Crippen molar-refractivity contribution in [2.75, 3.05) is 13.2 Å². The number of likely N-dealkylation sites (tertiary alicyclic amines) is 1. The number of aliphatic carboxylic acids is 1. The Morgan fingerprint density at radius 2 is 2.17 bits per heavy atom. The standard InChI is InChI=1S/C13H21NO4/c1-13(2)7-10(5-6-18-13)14-8-9(12(16)17)3-4-11(14)15/h9-10H,3-8H2,1-2H3,(H,16,17). The monoisotopic (exact) mass is 255 g/mol. The average Bonchev–Trinajstić information content (AvgIpc) is 2.27. The van der Waals surface area contributed by atoms with Gasteiger partial charge in [-0.3, -0.25) is 9.59 Å². The van der Waals surface area contributed by atoms with Crippen LogP contribution in [-0.4, -0.2) is 46.7 Å². The topological polar surface area (TPSA) is 66.8 Å². The summed E-state index contributed by atoms with van der Waals surface area (Å²) in [4.78, 5) is 24.8. The van der Waals surface area contributed by atoms with Crippen LogP contribution in [0.4, 0.5) is 0 Å². The fourth-order valence-corrected chi connectivity index (χ4v) is 2.89. The first kappa shape index (κ1) is 13.3. The summed E-state index contributed by atoms with van der Waals surface area (Å²) in [5.41, 5.74) is -0.223. The molecule has 0 bridgehead atoms. The van der Waals surface area contributed by atoms with Gasteiger partial charge < -0.3 is 14.7 Å². The highest BCUT2D eigenvalue weighted by molar-refractivity contribution is 5.80. The van der Waals surface area contributed by atoms with E-state index in [1.54, 1.807) is 4.90 Å². The van der Waals surface area contributed by atoms with Gasteiger partial charge in [0.15, 0.2) is 0 Å². The zero-order valence-electron chi connectivity index (χ0n) is 11.0. The molecule has 0 aromatic carbocycles. The molecule has 2 aliphatic heterocycles. The lowest BCUT2D eigenvalue weighted by atomic mass is 9.89. The Labute approximate surface area is 107 Å². The summed E-state index contributed by atoms with van der Waals surface area (Å²) < 4.78 is 5.64. The highest BCUT2D eigenvalue weighted by Gasteiger charge is 2.38. The minimum atomic E-state index is -0.793. The second-order valence-corrected chi connectivity index (χ2v) is 5.87. The number of ether oxygens (including phenoxy) is 1. The summed E-state index contributed by atoms with van der Waals surface area (Å²) in [6.45, 7) is 5.03. The Balaban J connectivity index is 2.05. The number of hydrogen-bond donors (Lipinski definition) is 1. The number of amides is 1. The van der Waals surface area contributed by atoms with Crippen LogP contribution in [0.2, 0.25) is 0 Å². The van der Waals surface area contributed by atoms with E-state index < -0.39 is 11.9 Å². The smallest absolute Gasteiger partial charge is 0.308 e. The van der Waals surface area contributed by atoms with Crippen LogP contribution in [0.3, 0.4) is 0 Å². The van der Waals surface area contributed by atoms with Gasteiger partial charge in [-0.2, -0.15) is 0 Å². The molecule has 18 heavy (non-hydrogen) atoms. The molecule has 2 atom stereocenters. The SMILES string of the molecule is CC1(C)CC(N2CC(C(=O)O)CCC2=O)CCO1. The van der Waals surface area contributed by atoms with E-state index in [9.17, 15) is 9.59 Å². The molecule has 2 fully saturated rings. The van der Waals surface area contributed by atoms with Crippen LogP contribution in [-0.2, 0) is 14.3 Å². The summed E-state index contributed by atoms with van der Waals surface area (Å²) in [6.07, 6.45) is 2.42. The molecule has 0 aromatic rings. The van der Waals surface area contributed by atoms with E-state index in [-0.39, 0.29) is 17.6 Å². The molecule has 2 aliphatic rings. The molecular formula is C13H21NO4. The number of hydrogen-bond acceptors (Lipinski definition) is 3. The fraction of sp³-hybridized carbons (Fsp3) is 0.846. The maximum Gasteiger partial charge on any atom is 0.308 e. The highest BCUT2D eigenvalue weighted by atomic mass is 16.5. The Morgan fingerprint density at radius 1 is 1.44 bits per heavy atom. The lowest BCUT2D eigenvalue weighted by Crippen LogP contribution is -2.52. The largest absolute Gasteiger partial charge is 0.481 e. The lowest BCUT2D eigenvalue weighted by Gasteiger charge is -2.43. The van der Waals surface area contributed by atoms with E-state index in [0.29, 0.717) is 26.0 Å². The summed E-state index contributed by atoms with van der Waals surface area (Å²) in [5, 5.41) is 9.08. The average molecular weight is 255 g/mol. The van der Waals surface area contributed by atoms with Crippen LogP contribution in [0.1, 0.15) is 39.5 Å². The van der Waals surface area contributed by atoms with Gasteiger partial charge >= 0.3 is 5.97 Å². The second kappa shape index (κ2) is 4.88. The minimum Gasteiger partial charge on any atom is -0.481 e. The van der Waals surface area contributed by atoms with Gasteiger partial charge in [-0.1, -0.05) is 0 Å². The third kappa shape index (κ3) is 2.83. The van der Waals surface area contributed by atoms with Gasteiger partial charge in [-0.05, 0) is 33.1 Å². The quantitative estimate of drug-likeness (QED) is 0.807. The van der Waals surface area contributed by atoms with Gasteiger partial charge in [0.25, 0.3) is 0 Å². The van der Waals surface area contributed by atoms with Crippen LogP contribution < -0.4 is 0 Å². The molecule has 2 heterocycles. The number of rotatable bonds is 2. The maximum absolute atomic E-state index is 12.0. The maximum atomic E-state index is 12.0. The van der Waals surface area contributed by atoms with Crippen LogP contribution in [0, 0.1) is 5.92 Å². The molecule has 0 radical (unpaired) electrons. The Kier molecular flexibility index (Phi) is 3.61. The molecule has 5 heteroatoms. The van der Waals surface area contributed by atoms with E-state index in [1.807, 2.05) is 13.8 Å². The molecule has 2 saturated heterocycles. The summed E-state index contributed by atoms with van der Waals surface area (Å²) in [5.74, 6) is -1.11. The van der Waals surface area contributed by atoms with E-state index in [0.717, 1.165) is 12.8 Å². The molecule has 2 unspecified atom stereocenters.